The van der Waals surface area contributed by atoms with Gasteiger partial charge in [-0.2, -0.15) is 0 Å². The largest absolute Gasteiger partial charge is 0.497 e. The van der Waals surface area contributed by atoms with Crippen molar-refractivity contribution in [3.63, 3.8) is 0 Å². The molecule has 0 amide bonds. The molecule has 0 unspecified atom stereocenters. The molecule has 2 heteroatoms. The molecule has 3 aliphatic carbocycles. The molecule has 1 saturated carbocycles. The van der Waals surface area contributed by atoms with E-state index in [4.69, 9.17) is 4.74 Å². The average Bonchev–Trinajstić information content (AvgIpc) is 2.88. The number of carbonyl (C=O) groups excluding carboxylic acids is 1. The van der Waals surface area contributed by atoms with Gasteiger partial charge in [0.25, 0.3) is 0 Å². The van der Waals surface area contributed by atoms with Crippen molar-refractivity contribution >= 4 is 5.78 Å². The van der Waals surface area contributed by atoms with Crippen LogP contribution in [0.3, 0.4) is 0 Å². The third-order valence-electron chi connectivity index (χ3n) is 5.61. The zero-order chi connectivity index (χ0) is 13.7. The van der Waals surface area contributed by atoms with E-state index in [1.165, 1.54) is 24.0 Å². The maximum Gasteiger partial charge on any atom is 0.159 e. The summed E-state index contributed by atoms with van der Waals surface area (Å²) in [5, 5.41) is 0. The minimum absolute atomic E-state index is 0.288. The van der Waals surface area contributed by atoms with Crippen LogP contribution in [0.5, 0.6) is 5.75 Å². The molecule has 0 radical (unpaired) electrons. The molecule has 0 spiro atoms. The van der Waals surface area contributed by atoms with Crippen LogP contribution >= 0.6 is 0 Å². The Hall–Kier alpha value is -1.57. The third kappa shape index (κ3) is 1.67. The first-order chi connectivity index (χ1) is 9.78. The van der Waals surface area contributed by atoms with Crippen molar-refractivity contribution in [2.75, 3.05) is 7.11 Å². The second-order valence-corrected chi connectivity index (χ2v) is 6.40. The van der Waals surface area contributed by atoms with Gasteiger partial charge in [-0.05, 0) is 72.8 Å². The molecule has 20 heavy (non-hydrogen) atoms. The number of aryl methyl sites for hydroxylation is 1. The summed E-state index contributed by atoms with van der Waals surface area (Å²) >= 11 is 0. The molecule has 0 heterocycles. The monoisotopic (exact) mass is 268 g/mol. The van der Waals surface area contributed by atoms with Gasteiger partial charge >= 0.3 is 0 Å². The second kappa shape index (κ2) is 4.47. The Morgan fingerprint density at radius 2 is 2.00 bits per heavy atom. The number of ketones is 1. The fourth-order valence-corrected chi connectivity index (χ4v) is 4.66. The van der Waals surface area contributed by atoms with Crippen molar-refractivity contribution in [2.24, 2.45) is 17.8 Å². The molecule has 4 atom stereocenters. The molecule has 3 aliphatic rings. The number of ether oxygens (including phenoxy) is 1. The van der Waals surface area contributed by atoms with Crippen molar-refractivity contribution in [3.8, 4) is 5.75 Å². The van der Waals surface area contributed by atoms with E-state index >= 15 is 0 Å². The van der Waals surface area contributed by atoms with Gasteiger partial charge in [-0.1, -0.05) is 12.1 Å². The number of fused-ring (bicyclic) bond motifs is 5. The van der Waals surface area contributed by atoms with E-state index in [1.54, 1.807) is 7.11 Å². The van der Waals surface area contributed by atoms with Crippen molar-refractivity contribution in [1.29, 1.82) is 0 Å². The van der Waals surface area contributed by atoms with E-state index in [2.05, 4.69) is 24.3 Å². The number of benzene rings is 1. The summed E-state index contributed by atoms with van der Waals surface area (Å²) in [5.74, 6) is 3.42. The van der Waals surface area contributed by atoms with Crippen LogP contribution in [0, 0.1) is 17.8 Å². The molecule has 4 rings (SSSR count). The number of hydrogen-bond donors (Lipinski definition) is 0. The molecule has 0 N–H and O–H groups in total. The van der Waals surface area contributed by atoms with Crippen LogP contribution in [0.15, 0.2) is 30.4 Å². The number of rotatable bonds is 1. The normalized spacial score (nSPS) is 34.4. The van der Waals surface area contributed by atoms with Gasteiger partial charge in [-0.3, -0.25) is 4.79 Å². The van der Waals surface area contributed by atoms with Crippen molar-refractivity contribution < 1.29 is 9.53 Å². The fraction of sp³-hybridized carbons (Fsp3) is 0.500. The van der Waals surface area contributed by atoms with E-state index in [9.17, 15) is 4.79 Å². The van der Waals surface area contributed by atoms with Gasteiger partial charge in [0.2, 0.25) is 0 Å². The Kier molecular flexibility index (Phi) is 2.73. The van der Waals surface area contributed by atoms with Gasteiger partial charge in [0.15, 0.2) is 5.78 Å². The summed E-state index contributed by atoms with van der Waals surface area (Å²) in [6.45, 7) is 0. The lowest BCUT2D eigenvalue weighted by molar-refractivity contribution is -0.120. The highest BCUT2D eigenvalue weighted by Gasteiger charge is 2.45. The van der Waals surface area contributed by atoms with Gasteiger partial charge in [0.05, 0.1) is 7.11 Å². The molecule has 1 aromatic carbocycles. The standard InChI is InChI=1S/C18H20O2/c1-20-12-3-5-13-11(10-12)2-4-15-14(13)6-7-17-16(15)8-9-18(17)19/h3,5,8-10,14-17H,2,4,6-7H2,1H3/t14-,15-,16-,17+/m1/s1. The quantitative estimate of drug-likeness (QED) is 0.779. The molecular weight excluding hydrogens is 248 g/mol. The predicted molar refractivity (Wildman–Crippen MR) is 77.9 cm³/mol. The molecular formula is C18H20O2. The highest BCUT2D eigenvalue weighted by Crippen LogP contribution is 2.52. The van der Waals surface area contributed by atoms with Gasteiger partial charge in [0, 0.05) is 5.92 Å². The van der Waals surface area contributed by atoms with E-state index in [-0.39, 0.29) is 5.92 Å². The Balaban J connectivity index is 1.69. The Morgan fingerprint density at radius 3 is 2.85 bits per heavy atom. The van der Waals surface area contributed by atoms with Gasteiger partial charge in [0.1, 0.15) is 5.75 Å². The van der Waals surface area contributed by atoms with Crippen molar-refractivity contribution in [3.05, 3.63) is 41.5 Å². The fourth-order valence-electron chi connectivity index (χ4n) is 4.66. The maximum absolute atomic E-state index is 11.9. The molecule has 0 bridgehead atoms. The van der Waals surface area contributed by atoms with Crippen LogP contribution in [0.2, 0.25) is 0 Å². The topological polar surface area (TPSA) is 26.3 Å². The lowest BCUT2D eigenvalue weighted by atomic mass is 9.61. The number of carbonyl (C=O) groups is 1. The molecule has 0 aromatic heterocycles. The first-order valence-electron chi connectivity index (χ1n) is 7.67. The number of hydrogen-bond acceptors (Lipinski definition) is 2. The summed E-state index contributed by atoms with van der Waals surface area (Å²) in [6, 6.07) is 6.54. The summed E-state index contributed by atoms with van der Waals surface area (Å²) in [7, 11) is 1.73. The van der Waals surface area contributed by atoms with E-state index in [1.807, 2.05) is 6.08 Å². The Labute approximate surface area is 119 Å². The average molecular weight is 268 g/mol. The van der Waals surface area contributed by atoms with Crippen LogP contribution in [0.4, 0.5) is 0 Å². The van der Waals surface area contributed by atoms with Gasteiger partial charge in [-0.25, -0.2) is 0 Å². The SMILES string of the molecule is COc1ccc2c(c1)CC[C@H]1[C@H]3C=CC(=O)[C@H]3CC[C@H]21. The molecule has 1 aromatic rings. The van der Waals surface area contributed by atoms with Crippen LogP contribution in [0.25, 0.3) is 0 Å². The minimum atomic E-state index is 0.288. The Morgan fingerprint density at radius 1 is 1.15 bits per heavy atom. The molecule has 0 saturated heterocycles. The van der Waals surface area contributed by atoms with Gasteiger partial charge < -0.3 is 4.74 Å². The zero-order valence-corrected chi connectivity index (χ0v) is 11.8. The first-order valence-corrected chi connectivity index (χ1v) is 7.67. The van der Waals surface area contributed by atoms with Crippen molar-refractivity contribution in [1.82, 2.24) is 0 Å². The molecule has 0 aliphatic heterocycles. The van der Waals surface area contributed by atoms with Crippen LogP contribution in [-0.2, 0) is 11.2 Å². The summed E-state index contributed by atoms with van der Waals surface area (Å²) < 4.78 is 5.34. The lowest BCUT2D eigenvalue weighted by Crippen LogP contribution is -2.35. The maximum atomic E-state index is 11.9. The van der Waals surface area contributed by atoms with Crippen molar-refractivity contribution in [2.45, 2.75) is 31.6 Å². The van der Waals surface area contributed by atoms with E-state index < -0.39 is 0 Å². The second-order valence-electron chi connectivity index (χ2n) is 6.40. The smallest absolute Gasteiger partial charge is 0.159 e. The number of methoxy groups -OCH3 is 1. The van der Waals surface area contributed by atoms with Crippen LogP contribution in [-0.4, -0.2) is 12.9 Å². The molecule has 2 nitrogen and oxygen atoms in total. The van der Waals surface area contributed by atoms with E-state index in [0.29, 0.717) is 23.5 Å². The van der Waals surface area contributed by atoms with E-state index in [0.717, 1.165) is 18.6 Å². The van der Waals surface area contributed by atoms with Crippen LogP contribution in [0.1, 0.15) is 36.3 Å². The van der Waals surface area contributed by atoms with Crippen LogP contribution < -0.4 is 4.74 Å². The first kappa shape index (κ1) is 12.2. The molecule has 104 valence electrons. The highest BCUT2D eigenvalue weighted by molar-refractivity contribution is 5.94. The molecule has 1 fully saturated rings. The minimum Gasteiger partial charge on any atom is -0.497 e. The third-order valence-corrected chi connectivity index (χ3v) is 5.61. The van der Waals surface area contributed by atoms with Gasteiger partial charge in [-0.15, -0.1) is 0 Å². The summed E-state index contributed by atoms with van der Waals surface area (Å²) in [4.78, 5) is 11.9. The Bertz CT molecular complexity index is 587. The highest BCUT2D eigenvalue weighted by atomic mass is 16.5. The lowest BCUT2D eigenvalue weighted by Gasteiger charge is -2.43. The summed E-state index contributed by atoms with van der Waals surface area (Å²) in [6.07, 6.45) is 8.59. The zero-order valence-electron chi connectivity index (χ0n) is 11.8. The summed E-state index contributed by atoms with van der Waals surface area (Å²) in [5.41, 5.74) is 2.96. The number of allylic oxidation sites excluding steroid dienone is 2. The predicted octanol–water partition coefficient (Wildman–Crippen LogP) is 3.51.